The molecule has 1 atom stereocenters. The maximum Gasteiger partial charge on any atom is 0.401 e. The Labute approximate surface area is 127 Å². The number of nitrogens with zero attached hydrogens (tertiary/aromatic N) is 2. The molecule has 120 valence electrons. The average Bonchev–Trinajstić information content (AvgIpc) is 2.94. The minimum atomic E-state index is -4.09. The van der Waals surface area contributed by atoms with Crippen molar-refractivity contribution in [3.8, 4) is 0 Å². The minimum absolute atomic E-state index is 0.166. The van der Waals surface area contributed by atoms with Crippen LogP contribution in [0.3, 0.4) is 0 Å². The molecule has 1 N–H and O–H groups in total. The predicted molar refractivity (Wildman–Crippen MR) is 78.8 cm³/mol. The molecule has 0 saturated carbocycles. The van der Waals surface area contributed by atoms with E-state index in [0.29, 0.717) is 13.1 Å². The Morgan fingerprint density at radius 3 is 2.81 bits per heavy atom. The lowest BCUT2D eigenvalue weighted by atomic mass is 10.2. The lowest BCUT2D eigenvalue weighted by Gasteiger charge is -2.18. The van der Waals surface area contributed by atoms with Crippen LogP contribution in [0.5, 0.6) is 0 Å². The van der Waals surface area contributed by atoms with Crippen LogP contribution in [0.4, 0.5) is 13.2 Å². The highest BCUT2D eigenvalue weighted by molar-refractivity contribution is 7.11. The molecule has 1 aliphatic heterocycles. The second-order valence-corrected chi connectivity index (χ2v) is 6.79. The fourth-order valence-electron chi connectivity index (χ4n) is 2.70. The molecule has 0 bridgehead atoms. The standard InChI is InChI=1S/C14H22F3N3S/c1-3-12-10(2)21-13(19-12)4-6-18-11-5-7-20(8-11)9-14(15,16)17/h11,18H,3-9H2,1-2H3. The summed E-state index contributed by atoms with van der Waals surface area (Å²) in [5, 5.41) is 4.46. The Kier molecular flexibility index (Phi) is 5.62. The molecule has 21 heavy (non-hydrogen) atoms. The zero-order chi connectivity index (χ0) is 15.5. The molecule has 0 spiro atoms. The number of alkyl halides is 3. The van der Waals surface area contributed by atoms with Crippen LogP contribution >= 0.6 is 11.3 Å². The van der Waals surface area contributed by atoms with Crippen molar-refractivity contribution in [2.24, 2.45) is 0 Å². The van der Waals surface area contributed by atoms with Gasteiger partial charge in [0.15, 0.2) is 0 Å². The van der Waals surface area contributed by atoms with Crippen LogP contribution in [-0.4, -0.2) is 48.3 Å². The fraction of sp³-hybridized carbons (Fsp3) is 0.786. The molecule has 0 amide bonds. The Balaban J connectivity index is 1.70. The van der Waals surface area contributed by atoms with Crippen LogP contribution in [0, 0.1) is 6.92 Å². The number of hydrogen-bond acceptors (Lipinski definition) is 4. The summed E-state index contributed by atoms with van der Waals surface area (Å²) in [6, 6.07) is 0.166. The summed E-state index contributed by atoms with van der Waals surface area (Å²) in [6.45, 7) is 5.17. The van der Waals surface area contributed by atoms with Gasteiger partial charge >= 0.3 is 6.18 Å². The first kappa shape index (κ1) is 16.7. The summed E-state index contributed by atoms with van der Waals surface area (Å²) in [4.78, 5) is 7.32. The van der Waals surface area contributed by atoms with Crippen LogP contribution in [0.15, 0.2) is 0 Å². The van der Waals surface area contributed by atoms with E-state index in [1.54, 1.807) is 11.3 Å². The van der Waals surface area contributed by atoms with E-state index in [9.17, 15) is 13.2 Å². The molecule has 0 radical (unpaired) electrons. The average molecular weight is 321 g/mol. The third kappa shape index (κ3) is 5.23. The van der Waals surface area contributed by atoms with Gasteiger partial charge in [0, 0.05) is 37.0 Å². The van der Waals surface area contributed by atoms with Gasteiger partial charge < -0.3 is 5.32 Å². The van der Waals surface area contributed by atoms with Gasteiger partial charge in [-0.25, -0.2) is 4.98 Å². The van der Waals surface area contributed by atoms with E-state index < -0.39 is 12.7 Å². The highest BCUT2D eigenvalue weighted by Gasteiger charge is 2.34. The summed E-state index contributed by atoms with van der Waals surface area (Å²) in [5.74, 6) is 0. The number of aryl methyl sites for hydroxylation is 2. The van der Waals surface area contributed by atoms with Crippen molar-refractivity contribution in [3.63, 3.8) is 0 Å². The van der Waals surface area contributed by atoms with E-state index in [1.807, 2.05) is 0 Å². The van der Waals surface area contributed by atoms with Crippen LogP contribution in [0.2, 0.25) is 0 Å². The molecule has 0 aliphatic carbocycles. The highest BCUT2D eigenvalue weighted by atomic mass is 32.1. The zero-order valence-electron chi connectivity index (χ0n) is 12.5. The molecule has 1 aliphatic rings. The number of likely N-dealkylation sites (tertiary alicyclic amines) is 1. The molecule has 7 heteroatoms. The maximum atomic E-state index is 12.3. The van der Waals surface area contributed by atoms with Crippen molar-refractivity contribution < 1.29 is 13.2 Å². The second kappa shape index (κ2) is 7.07. The van der Waals surface area contributed by atoms with E-state index in [4.69, 9.17) is 0 Å². The maximum absolute atomic E-state index is 12.3. The molecule has 1 fully saturated rings. The molecule has 1 saturated heterocycles. The first-order valence-corrected chi connectivity index (χ1v) is 8.16. The Morgan fingerprint density at radius 2 is 2.19 bits per heavy atom. The predicted octanol–water partition coefficient (Wildman–Crippen LogP) is 2.78. The van der Waals surface area contributed by atoms with Crippen LogP contribution in [0.25, 0.3) is 0 Å². The number of nitrogens with one attached hydrogen (secondary N) is 1. The molecule has 0 aromatic carbocycles. The van der Waals surface area contributed by atoms with Gasteiger partial charge in [0.2, 0.25) is 0 Å². The number of thiazole rings is 1. The Hall–Kier alpha value is -0.660. The topological polar surface area (TPSA) is 28.2 Å². The largest absolute Gasteiger partial charge is 0.401 e. The minimum Gasteiger partial charge on any atom is -0.312 e. The van der Waals surface area contributed by atoms with Gasteiger partial charge in [-0.1, -0.05) is 6.92 Å². The van der Waals surface area contributed by atoms with Crippen molar-refractivity contribution >= 4 is 11.3 Å². The molecule has 1 unspecified atom stereocenters. The molecule has 3 nitrogen and oxygen atoms in total. The summed E-state index contributed by atoms with van der Waals surface area (Å²) in [7, 11) is 0. The van der Waals surface area contributed by atoms with Gasteiger partial charge in [-0.05, 0) is 19.8 Å². The fourth-order valence-corrected chi connectivity index (χ4v) is 3.72. The Bertz CT molecular complexity index is 459. The molecular formula is C14H22F3N3S. The molecular weight excluding hydrogens is 299 g/mol. The summed E-state index contributed by atoms with van der Waals surface area (Å²) < 4.78 is 36.9. The highest BCUT2D eigenvalue weighted by Crippen LogP contribution is 2.20. The summed E-state index contributed by atoms with van der Waals surface area (Å²) in [5.41, 5.74) is 1.16. The van der Waals surface area contributed by atoms with Crippen LogP contribution in [-0.2, 0) is 12.8 Å². The van der Waals surface area contributed by atoms with E-state index in [2.05, 4.69) is 24.1 Å². The third-order valence-corrected chi connectivity index (χ3v) is 4.79. The quantitative estimate of drug-likeness (QED) is 0.873. The number of aromatic nitrogens is 1. The number of halogens is 3. The number of rotatable bonds is 6. The van der Waals surface area contributed by atoms with Gasteiger partial charge in [0.25, 0.3) is 0 Å². The van der Waals surface area contributed by atoms with Crippen LogP contribution in [0.1, 0.15) is 28.9 Å². The van der Waals surface area contributed by atoms with Crippen molar-refractivity contribution in [1.29, 1.82) is 0 Å². The lowest BCUT2D eigenvalue weighted by Crippen LogP contribution is -2.37. The molecule has 2 heterocycles. The van der Waals surface area contributed by atoms with Gasteiger partial charge in [0.1, 0.15) is 0 Å². The van der Waals surface area contributed by atoms with E-state index in [1.165, 1.54) is 9.78 Å². The van der Waals surface area contributed by atoms with Gasteiger partial charge in [-0.2, -0.15) is 13.2 Å². The van der Waals surface area contributed by atoms with Crippen molar-refractivity contribution in [1.82, 2.24) is 15.2 Å². The van der Waals surface area contributed by atoms with E-state index in [0.717, 1.165) is 36.5 Å². The summed E-state index contributed by atoms with van der Waals surface area (Å²) in [6.07, 6.45) is -1.51. The van der Waals surface area contributed by atoms with Crippen molar-refractivity contribution in [2.75, 3.05) is 26.2 Å². The molecule has 2 rings (SSSR count). The van der Waals surface area contributed by atoms with E-state index >= 15 is 0 Å². The smallest absolute Gasteiger partial charge is 0.312 e. The van der Waals surface area contributed by atoms with Crippen molar-refractivity contribution in [3.05, 3.63) is 15.6 Å². The van der Waals surface area contributed by atoms with Gasteiger partial charge in [-0.3, -0.25) is 4.90 Å². The molecule has 1 aromatic heterocycles. The number of hydrogen-bond donors (Lipinski definition) is 1. The summed E-state index contributed by atoms with van der Waals surface area (Å²) >= 11 is 1.72. The van der Waals surface area contributed by atoms with Gasteiger partial charge in [0.05, 0.1) is 17.2 Å². The first-order chi connectivity index (χ1) is 9.87. The third-order valence-electron chi connectivity index (χ3n) is 3.72. The SMILES string of the molecule is CCc1nc(CCNC2CCN(CC(F)(F)F)C2)sc1C. The van der Waals surface area contributed by atoms with E-state index in [-0.39, 0.29) is 6.04 Å². The second-order valence-electron chi connectivity index (χ2n) is 5.50. The normalized spacial score (nSPS) is 20.3. The van der Waals surface area contributed by atoms with Gasteiger partial charge in [-0.15, -0.1) is 11.3 Å². The van der Waals surface area contributed by atoms with Crippen molar-refractivity contribution in [2.45, 2.75) is 45.3 Å². The zero-order valence-corrected chi connectivity index (χ0v) is 13.3. The first-order valence-electron chi connectivity index (χ1n) is 7.35. The Morgan fingerprint density at radius 1 is 1.43 bits per heavy atom. The molecule has 1 aromatic rings. The lowest BCUT2D eigenvalue weighted by molar-refractivity contribution is -0.143. The monoisotopic (exact) mass is 321 g/mol. The van der Waals surface area contributed by atoms with Crippen LogP contribution < -0.4 is 5.32 Å².